The molecule has 2 aliphatic carbocycles. The summed E-state index contributed by atoms with van der Waals surface area (Å²) >= 11 is 0. The first-order chi connectivity index (χ1) is 31.7. The Bertz CT molecular complexity index is 3320. The molecule has 310 valence electrons. The highest BCUT2D eigenvalue weighted by atomic mass is 15.1. The molecule has 10 aromatic rings. The third kappa shape index (κ3) is 6.37. The molecule has 0 saturated carbocycles. The van der Waals surface area contributed by atoms with Crippen LogP contribution in [0.3, 0.4) is 0 Å². The lowest BCUT2D eigenvalue weighted by Crippen LogP contribution is -2.14. The number of hydrogen-bond donors (Lipinski definition) is 0. The van der Waals surface area contributed by atoms with Crippen LogP contribution in [-0.4, -0.2) is 0 Å². The first-order valence-corrected chi connectivity index (χ1v) is 22.9. The molecule has 0 unspecified atom stereocenters. The average molecular weight is 832 g/mol. The molecule has 0 radical (unpaired) electrons. The van der Waals surface area contributed by atoms with Crippen molar-refractivity contribution < 1.29 is 0 Å². The van der Waals surface area contributed by atoms with Gasteiger partial charge in [-0.25, -0.2) is 0 Å². The topological polar surface area (TPSA) is 3.24 Å². The fraction of sp³-hybridized carbons (Fsp3) is 0.0938. The maximum Gasteiger partial charge on any atom is 0.0467 e. The highest BCUT2D eigenvalue weighted by Crippen LogP contribution is 2.51. The van der Waals surface area contributed by atoms with Gasteiger partial charge in [0.25, 0.3) is 0 Å². The molecule has 0 bridgehead atoms. The Morgan fingerprint density at radius 1 is 0.262 bits per heavy atom. The Kier molecular flexibility index (Phi) is 8.94. The first-order valence-electron chi connectivity index (χ1n) is 22.9. The summed E-state index contributed by atoms with van der Waals surface area (Å²) in [6.45, 7) is 9.41. The zero-order valence-corrected chi connectivity index (χ0v) is 37.3. The van der Waals surface area contributed by atoms with Crippen molar-refractivity contribution in [1.82, 2.24) is 0 Å². The highest BCUT2D eigenvalue weighted by molar-refractivity contribution is 5.97. The third-order valence-electron chi connectivity index (χ3n) is 14.5. The summed E-state index contributed by atoms with van der Waals surface area (Å²) in [5.74, 6) is 0. The zero-order valence-electron chi connectivity index (χ0n) is 37.3. The highest BCUT2D eigenvalue weighted by Gasteiger charge is 2.36. The quantitative estimate of drug-likeness (QED) is 0.155. The van der Waals surface area contributed by atoms with Gasteiger partial charge in [0.2, 0.25) is 0 Å². The predicted molar refractivity (Wildman–Crippen MR) is 276 cm³/mol. The van der Waals surface area contributed by atoms with Crippen LogP contribution in [0, 0.1) is 0 Å². The lowest BCUT2D eigenvalue weighted by atomic mass is 9.81. The van der Waals surface area contributed by atoms with Gasteiger partial charge in [0.05, 0.1) is 0 Å². The number of hydrogen-bond acceptors (Lipinski definition) is 1. The molecule has 0 spiro atoms. The number of nitrogens with zero attached hydrogens (tertiary/aromatic N) is 1. The minimum absolute atomic E-state index is 0.0503. The largest absolute Gasteiger partial charge is 0.310 e. The van der Waals surface area contributed by atoms with E-state index in [4.69, 9.17) is 0 Å². The molecule has 0 saturated heterocycles. The molecule has 1 heteroatoms. The molecule has 1 nitrogen and oxygen atoms in total. The van der Waals surface area contributed by atoms with Gasteiger partial charge < -0.3 is 4.90 Å². The van der Waals surface area contributed by atoms with Crippen LogP contribution in [-0.2, 0) is 10.8 Å². The minimum Gasteiger partial charge on any atom is -0.310 e. The normalized spacial score (nSPS) is 13.8. The van der Waals surface area contributed by atoms with E-state index < -0.39 is 0 Å². The van der Waals surface area contributed by atoms with Gasteiger partial charge in [0.15, 0.2) is 0 Å². The van der Waals surface area contributed by atoms with E-state index in [1.165, 1.54) is 99.8 Å². The molecule has 2 aliphatic rings. The molecule has 0 aliphatic heterocycles. The van der Waals surface area contributed by atoms with Crippen molar-refractivity contribution in [2.75, 3.05) is 4.90 Å². The van der Waals surface area contributed by atoms with Gasteiger partial charge in [-0.1, -0.05) is 198 Å². The second-order valence-corrected chi connectivity index (χ2v) is 18.9. The maximum absolute atomic E-state index is 2.41. The van der Waals surface area contributed by atoms with Crippen molar-refractivity contribution in [2.45, 2.75) is 38.5 Å². The molecule has 0 atom stereocenters. The van der Waals surface area contributed by atoms with E-state index in [1.807, 2.05) is 0 Å². The second kappa shape index (κ2) is 14.9. The monoisotopic (exact) mass is 831 g/mol. The smallest absolute Gasteiger partial charge is 0.0467 e. The Labute approximate surface area is 383 Å². The van der Waals surface area contributed by atoms with Crippen LogP contribution in [0.5, 0.6) is 0 Å². The molecule has 12 rings (SSSR count). The summed E-state index contributed by atoms with van der Waals surface area (Å²) in [5, 5.41) is 2.52. The van der Waals surface area contributed by atoms with Gasteiger partial charge in [-0.05, 0) is 154 Å². The van der Waals surface area contributed by atoms with E-state index in [0.717, 1.165) is 17.1 Å². The van der Waals surface area contributed by atoms with Crippen molar-refractivity contribution in [1.29, 1.82) is 0 Å². The molecular formula is C64H49N. The number of rotatable bonds is 7. The fourth-order valence-electron chi connectivity index (χ4n) is 11.0. The predicted octanol–water partition coefficient (Wildman–Crippen LogP) is 17.6. The molecule has 0 amide bonds. The van der Waals surface area contributed by atoms with E-state index in [2.05, 4.69) is 257 Å². The summed E-state index contributed by atoms with van der Waals surface area (Å²) in [5.41, 5.74) is 23.9. The number of anilines is 3. The number of benzene rings is 10. The van der Waals surface area contributed by atoms with Crippen molar-refractivity contribution in [3.05, 3.63) is 247 Å². The molecule has 10 aromatic carbocycles. The summed E-state index contributed by atoms with van der Waals surface area (Å²) < 4.78 is 0. The molecule has 65 heavy (non-hydrogen) atoms. The molecule has 0 fully saturated rings. The van der Waals surface area contributed by atoms with Crippen molar-refractivity contribution in [3.63, 3.8) is 0 Å². The summed E-state index contributed by atoms with van der Waals surface area (Å²) in [6, 6.07) is 83.3. The lowest BCUT2D eigenvalue weighted by molar-refractivity contribution is 0.660. The fourth-order valence-corrected chi connectivity index (χ4v) is 11.0. The van der Waals surface area contributed by atoms with E-state index in [9.17, 15) is 0 Å². The van der Waals surface area contributed by atoms with Crippen LogP contribution in [0.4, 0.5) is 17.1 Å². The van der Waals surface area contributed by atoms with E-state index in [0.29, 0.717) is 0 Å². The number of fused-ring (bicyclic) bond motifs is 7. The minimum atomic E-state index is -0.0503. The van der Waals surface area contributed by atoms with Crippen molar-refractivity contribution in [2.24, 2.45) is 0 Å². The van der Waals surface area contributed by atoms with Crippen molar-refractivity contribution >= 4 is 27.8 Å². The van der Waals surface area contributed by atoms with Crippen LogP contribution in [0.25, 0.3) is 77.5 Å². The Balaban J connectivity index is 0.926. The maximum atomic E-state index is 2.41. The molecule has 0 N–H and O–H groups in total. The van der Waals surface area contributed by atoms with Crippen LogP contribution < -0.4 is 4.90 Å². The van der Waals surface area contributed by atoms with Crippen LogP contribution >= 0.6 is 0 Å². The van der Waals surface area contributed by atoms with Gasteiger partial charge in [-0.2, -0.15) is 0 Å². The van der Waals surface area contributed by atoms with Gasteiger partial charge in [-0.15, -0.1) is 0 Å². The lowest BCUT2D eigenvalue weighted by Gasteiger charge is -2.27. The Morgan fingerprint density at radius 3 is 1.28 bits per heavy atom. The average Bonchev–Trinajstić information content (AvgIpc) is 3.73. The van der Waals surface area contributed by atoms with Gasteiger partial charge in [0.1, 0.15) is 0 Å². The molecule has 0 heterocycles. The van der Waals surface area contributed by atoms with Crippen molar-refractivity contribution in [3.8, 4) is 66.8 Å². The van der Waals surface area contributed by atoms with E-state index in [1.54, 1.807) is 0 Å². The van der Waals surface area contributed by atoms with Gasteiger partial charge in [-0.3, -0.25) is 0 Å². The third-order valence-corrected chi connectivity index (χ3v) is 14.5. The standard InChI is InChI=1S/C64H49N/c1-63(2)59-24-9-7-21-55(59)57-36-30-47(40-61(57)63)42-26-32-50(33-27-42)65(51-34-28-43(29-35-51)48-31-37-58-56-22-8-10-25-60(56)64(3,4)62(58)41-48)52-19-12-17-46(39-52)45-16-11-18-49(38-45)54-23-13-15-44-14-5-6-20-53(44)54/h5-41H,1-4H3. The Morgan fingerprint density at radius 2 is 0.677 bits per heavy atom. The van der Waals surface area contributed by atoms with Crippen LogP contribution in [0.15, 0.2) is 224 Å². The molecular weight excluding hydrogens is 783 g/mol. The summed E-state index contributed by atoms with van der Waals surface area (Å²) in [6.07, 6.45) is 0. The van der Waals surface area contributed by atoms with Crippen LogP contribution in [0.1, 0.15) is 49.9 Å². The van der Waals surface area contributed by atoms with E-state index >= 15 is 0 Å². The first kappa shape index (κ1) is 38.9. The zero-order chi connectivity index (χ0) is 43.9. The molecule has 0 aromatic heterocycles. The second-order valence-electron chi connectivity index (χ2n) is 18.9. The Hall–Kier alpha value is -7.74. The van der Waals surface area contributed by atoms with Gasteiger partial charge in [0, 0.05) is 27.9 Å². The van der Waals surface area contributed by atoms with E-state index in [-0.39, 0.29) is 10.8 Å². The van der Waals surface area contributed by atoms with Gasteiger partial charge >= 0.3 is 0 Å². The summed E-state index contributed by atoms with van der Waals surface area (Å²) in [4.78, 5) is 2.40. The SMILES string of the molecule is CC1(C)c2ccccc2-c2ccc(-c3ccc(N(c4ccc(-c5ccc6c(c5)C(C)(C)c5ccccc5-6)cc4)c4cccc(-c5cccc(-c6cccc7ccccc67)c5)c4)cc3)cc21. The van der Waals surface area contributed by atoms with Crippen LogP contribution in [0.2, 0.25) is 0 Å². The summed E-state index contributed by atoms with van der Waals surface area (Å²) in [7, 11) is 0.